The lowest BCUT2D eigenvalue weighted by Gasteiger charge is -2.12. The zero-order valence-corrected chi connectivity index (χ0v) is 13.3. The second-order valence-electron chi connectivity index (χ2n) is 5.13. The molecule has 21 heavy (non-hydrogen) atoms. The minimum Gasteiger partial charge on any atom is -0.353 e. The molecule has 0 bridgehead atoms. The number of hydrogen-bond donors (Lipinski definition) is 1. The van der Waals surface area contributed by atoms with Crippen molar-refractivity contribution in [3.8, 4) is 0 Å². The zero-order chi connectivity index (χ0) is 14.5. The molecule has 0 atom stereocenters. The van der Waals surface area contributed by atoms with Crippen LogP contribution in [0.1, 0.15) is 31.9 Å². The van der Waals surface area contributed by atoms with Gasteiger partial charge in [0.15, 0.2) is 0 Å². The molecule has 0 radical (unpaired) electrons. The summed E-state index contributed by atoms with van der Waals surface area (Å²) >= 11 is 0. The highest BCUT2D eigenvalue weighted by atomic mass is 35.5. The molecule has 0 saturated heterocycles. The molecule has 2 aromatic heterocycles. The molecule has 5 heteroatoms. The Kier molecular flexibility index (Phi) is 6.43. The number of rotatable bonds is 6. The van der Waals surface area contributed by atoms with Crippen molar-refractivity contribution in [1.29, 1.82) is 0 Å². The maximum atomic E-state index is 11.7. The fraction of sp³-hybridized carbons (Fsp3) is 0.375. The molecule has 0 aromatic carbocycles. The highest BCUT2D eigenvalue weighted by Gasteiger charge is 2.13. The van der Waals surface area contributed by atoms with E-state index in [1.54, 1.807) is 12.3 Å². The lowest BCUT2D eigenvalue weighted by Crippen LogP contribution is -2.24. The van der Waals surface area contributed by atoms with Crippen LogP contribution in [0, 0.1) is 0 Å². The van der Waals surface area contributed by atoms with Crippen LogP contribution in [0.15, 0.2) is 37.1 Å². The first-order valence-corrected chi connectivity index (χ1v) is 6.95. The molecular weight excluding hydrogens is 286 g/mol. The SMILES string of the molecule is C=CCNC(=O)CCn1c(C(C)C)cc2cccnc21.Cl. The predicted molar refractivity (Wildman–Crippen MR) is 88.9 cm³/mol. The van der Waals surface area contributed by atoms with Crippen molar-refractivity contribution < 1.29 is 4.79 Å². The first-order chi connectivity index (χ1) is 9.63. The largest absolute Gasteiger partial charge is 0.353 e. The first kappa shape index (κ1) is 17.2. The number of carbonyl (C=O) groups excluding carboxylic acids is 1. The number of fused-ring (bicyclic) bond motifs is 1. The topological polar surface area (TPSA) is 46.9 Å². The summed E-state index contributed by atoms with van der Waals surface area (Å²) in [5.74, 6) is 0.442. The summed E-state index contributed by atoms with van der Waals surface area (Å²) in [4.78, 5) is 16.2. The Bertz CT molecular complexity index is 619. The summed E-state index contributed by atoms with van der Waals surface area (Å²) in [5, 5.41) is 3.93. The van der Waals surface area contributed by atoms with Gasteiger partial charge in [0.25, 0.3) is 0 Å². The van der Waals surface area contributed by atoms with Gasteiger partial charge >= 0.3 is 0 Å². The summed E-state index contributed by atoms with van der Waals surface area (Å²) in [5.41, 5.74) is 2.17. The van der Waals surface area contributed by atoms with E-state index in [4.69, 9.17) is 0 Å². The average molecular weight is 308 g/mol. The van der Waals surface area contributed by atoms with Crippen LogP contribution in [-0.4, -0.2) is 22.0 Å². The molecule has 0 saturated carbocycles. The summed E-state index contributed by atoms with van der Waals surface area (Å²) in [6.45, 7) is 9.07. The van der Waals surface area contributed by atoms with Gasteiger partial charge in [-0.3, -0.25) is 4.79 Å². The number of nitrogens with zero attached hydrogens (tertiary/aromatic N) is 2. The van der Waals surface area contributed by atoms with Gasteiger partial charge < -0.3 is 9.88 Å². The van der Waals surface area contributed by atoms with Gasteiger partial charge in [0.05, 0.1) is 0 Å². The van der Waals surface area contributed by atoms with Crippen LogP contribution in [0.25, 0.3) is 11.0 Å². The van der Waals surface area contributed by atoms with Crippen LogP contribution < -0.4 is 5.32 Å². The molecular formula is C16H22ClN3O. The molecule has 0 unspecified atom stereocenters. The number of aromatic nitrogens is 2. The third-order valence-electron chi connectivity index (χ3n) is 3.29. The molecule has 0 aliphatic heterocycles. The van der Waals surface area contributed by atoms with Crippen LogP contribution in [0.4, 0.5) is 0 Å². The second-order valence-corrected chi connectivity index (χ2v) is 5.13. The van der Waals surface area contributed by atoms with E-state index in [2.05, 4.69) is 47.4 Å². The maximum absolute atomic E-state index is 11.7. The maximum Gasteiger partial charge on any atom is 0.222 e. The Balaban J connectivity index is 0.00000220. The van der Waals surface area contributed by atoms with Crippen molar-refractivity contribution in [3.63, 3.8) is 0 Å². The van der Waals surface area contributed by atoms with E-state index in [0.717, 1.165) is 11.0 Å². The standard InChI is InChI=1S/C16H21N3O.ClH/c1-4-8-17-15(20)7-10-19-14(12(2)3)11-13-6-5-9-18-16(13)19;/h4-6,9,11-12H,1,7-8,10H2,2-3H3,(H,17,20);1H. The molecule has 114 valence electrons. The van der Waals surface area contributed by atoms with Crippen LogP contribution in [0.3, 0.4) is 0 Å². The highest BCUT2D eigenvalue weighted by Crippen LogP contribution is 2.24. The van der Waals surface area contributed by atoms with Gasteiger partial charge in [-0.2, -0.15) is 0 Å². The van der Waals surface area contributed by atoms with E-state index < -0.39 is 0 Å². The molecule has 2 heterocycles. The van der Waals surface area contributed by atoms with Crippen molar-refractivity contribution in [2.24, 2.45) is 0 Å². The Hall–Kier alpha value is -1.81. The molecule has 2 rings (SSSR count). The quantitative estimate of drug-likeness (QED) is 0.833. The van der Waals surface area contributed by atoms with E-state index in [1.165, 1.54) is 5.69 Å². The summed E-state index contributed by atoms with van der Waals surface area (Å²) in [6.07, 6.45) is 3.93. The van der Waals surface area contributed by atoms with Crippen molar-refractivity contribution >= 4 is 29.3 Å². The number of pyridine rings is 1. The summed E-state index contributed by atoms with van der Waals surface area (Å²) in [7, 11) is 0. The van der Waals surface area contributed by atoms with Crippen molar-refractivity contribution in [2.75, 3.05) is 6.54 Å². The molecule has 4 nitrogen and oxygen atoms in total. The zero-order valence-electron chi connectivity index (χ0n) is 12.5. The molecule has 0 spiro atoms. The first-order valence-electron chi connectivity index (χ1n) is 6.95. The molecule has 1 N–H and O–H groups in total. The second kappa shape index (κ2) is 7.84. The molecule has 2 aromatic rings. The smallest absolute Gasteiger partial charge is 0.222 e. The Morgan fingerprint density at radius 3 is 2.95 bits per heavy atom. The van der Waals surface area contributed by atoms with Gasteiger partial charge in [-0.25, -0.2) is 4.98 Å². The number of halogens is 1. The lowest BCUT2D eigenvalue weighted by atomic mass is 10.1. The minimum absolute atomic E-state index is 0. The van der Waals surface area contributed by atoms with Crippen LogP contribution in [0.2, 0.25) is 0 Å². The summed E-state index contributed by atoms with van der Waals surface area (Å²) < 4.78 is 2.15. The number of hydrogen-bond acceptors (Lipinski definition) is 2. The number of carbonyl (C=O) groups is 1. The van der Waals surface area contributed by atoms with Crippen molar-refractivity contribution in [1.82, 2.24) is 14.9 Å². The average Bonchev–Trinajstić information content (AvgIpc) is 2.82. The van der Waals surface area contributed by atoms with Crippen LogP contribution in [-0.2, 0) is 11.3 Å². The summed E-state index contributed by atoms with van der Waals surface area (Å²) in [6, 6.07) is 6.16. The minimum atomic E-state index is 0. The van der Waals surface area contributed by atoms with Crippen LogP contribution in [0.5, 0.6) is 0 Å². The van der Waals surface area contributed by atoms with Gasteiger partial charge in [0, 0.05) is 36.8 Å². The predicted octanol–water partition coefficient (Wildman–Crippen LogP) is 3.27. The lowest BCUT2D eigenvalue weighted by molar-refractivity contribution is -0.121. The van der Waals surface area contributed by atoms with Gasteiger partial charge in [-0.05, 0) is 24.1 Å². The molecule has 0 aliphatic carbocycles. The van der Waals surface area contributed by atoms with E-state index in [9.17, 15) is 4.79 Å². The normalized spacial score (nSPS) is 10.4. The van der Waals surface area contributed by atoms with Gasteiger partial charge in [-0.1, -0.05) is 19.9 Å². The fourth-order valence-corrected chi connectivity index (χ4v) is 2.31. The molecule has 0 aliphatic rings. The van der Waals surface area contributed by atoms with E-state index in [1.807, 2.05) is 6.07 Å². The third kappa shape index (κ3) is 4.08. The molecule has 0 fully saturated rings. The van der Waals surface area contributed by atoms with Gasteiger partial charge in [-0.15, -0.1) is 19.0 Å². The Morgan fingerprint density at radius 2 is 2.29 bits per heavy atom. The van der Waals surface area contributed by atoms with Gasteiger partial charge in [0.2, 0.25) is 5.91 Å². The fourth-order valence-electron chi connectivity index (χ4n) is 2.31. The molecule has 1 amide bonds. The monoisotopic (exact) mass is 307 g/mol. The Labute approximate surface area is 131 Å². The van der Waals surface area contributed by atoms with E-state index in [-0.39, 0.29) is 18.3 Å². The van der Waals surface area contributed by atoms with Crippen LogP contribution >= 0.6 is 12.4 Å². The highest BCUT2D eigenvalue weighted by molar-refractivity contribution is 5.85. The van der Waals surface area contributed by atoms with Gasteiger partial charge in [0.1, 0.15) is 5.65 Å². The van der Waals surface area contributed by atoms with Crippen molar-refractivity contribution in [3.05, 3.63) is 42.7 Å². The van der Waals surface area contributed by atoms with E-state index in [0.29, 0.717) is 25.4 Å². The number of nitrogens with one attached hydrogen (secondary N) is 1. The van der Waals surface area contributed by atoms with E-state index >= 15 is 0 Å². The number of amides is 1. The van der Waals surface area contributed by atoms with Crippen molar-refractivity contribution in [2.45, 2.75) is 32.7 Å². The third-order valence-corrected chi connectivity index (χ3v) is 3.29. The Morgan fingerprint density at radius 1 is 1.52 bits per heavy atom. The number of aryl methyl sites for hydroxylation is 1.